The Bertz CT molecular complexity index is 116. The van der Waals surface area contributed by atoms with Gasteiger partial charge in [0.25, 0.3) is 0 Å². The highest BCUT2D eigenvalue weighted by Crippen LogP contribution is 2.17. The van der Waals surface area contributed by atoms with Gasteiger partial charge in [0.1, 0.15) is 0 Å². The molecule has 1 nitrogen and oxygen atoms in total. The molecule has 0 rings (SSSR count). The molecule has 0 aliphatic carbocycles. The van der Waals surface area contributed by atoms with E-state index in [0.717, 1.165) is 5.92 Å². The fourth-order valence-corrected chi connectivity index (χ4v) is 1.81. The molecule has 13 heavy (non-hydrogen) atoms. The van der Waals surface area contributed by atoms with Crippen molar-refractivity contribution in [2.45, 2.75) is 58.9 Å². The lowest BCUT2D eigenvalue weighted by Crippen LogP contribution is -2.26. The Kier molecular flexibility index (Phi) is 7.86. The van der Waals surface area contributed by atoms with Gasteiger partial charge in [-0.3, -0.25) is 0 Å². The normalized spacial score (nSPS) is 12.9. The van der Waals surface area contributed by atoms with Crippen LogP contribution in [0, 0.1) is 5.92 Å². The van der Waals surface area contributed by atoms with Crippen LogP contribution in [-0.4, -0.2) is 6.04 Å². The van der Waals surface area contributed by atoms with Crippen molar-refractivity contribution in [2.75, 3.05) is 0 Å². The molecule has 0 saturated heterocycles. The van der Waals surface area contributed by atoms with Crippen LogP contribution in [0.1, 0.15) is 52.9 Å². The van der Waals surface area contributed by atoms with Gasteiger partial charge in [-0.1, -0.05) is 46.6 Å². The zero-order valence-corrected chi connectivity index (χ0v) is 9.47. The van der Waals surface area contributed by atoms with E-state index in [0.29, 0.717) is 6.04 Å². The standard InChI is InChI=1S/C12H25N/c1-5-9-12(13-8-4)10-11(6-2)7-3/h8,11-13H,4-7,9-10H2,1-3H3. The maximum atomic E-state index is 3.73. The lowest BCUT2D eigenvalue weighted by molar-refractivity contribution is 0.371. The van der Waals surface area contributed by atoms with Gasteiger partial charge in [0, 0.05) is 6.04 Å². The second-order valence-corrected chi connectivity index (χ2v) is 3.77. The highest BCUT2D eigenvalue weighted by molar-refractivity contribution is 4.76. The monoisotopic (exact) mass is 183 g/mol. The van der Waals surface area contributed by atoms with E-state index in [1.165, 1.54) is 32.1 Å². The van der Waals surface area contributed by atoms with E-state index in [9.17, 15) is 0 Å². The minimum atomic E-state index is 0.646. The van der Waals surface area contributed by atoms with Crippen molar-refractivity contribution in [1.82, 2.24) is 5.32 Å². The molecule has 78 valence electrons. The Labute approximate surface area is 83.6 Å². The Morgan fingerprint density at radius 2 is 1.85 bits per heavy atom. The maximum absolute atomic E-state index is 3.73. The molecule has 0 amide bonds. The highest BCUT2D eigenvalue weighted by Gasteiger charge is 2.11. The third-order valence-corrected chi connectivity index (χ3v) is 2.76. The predicted octanol–water partition coefficient (Wildman–Crippen LogP) is 3.71. The second kappa shape index (κ2) is 8.15. The van der Waals surface area contributed by atoms with Crippen LogP contribution in [0.3, 0.4) is 0 Å². The van der Waals surface area contributed by atoms with E-state index in [-0.39, 0.29) is 0 Å². The Morgan fingerprint density at radius 3 is 2.23 bits per heavy atom. The molecule has 0 spiro atoms. The summed E-state index contributed by atoms with van der Waals surface area (Å²) >= 11 is 0. The molecule has 1 atom stereocenters. The van der Waals surface area contributed by atoms with Crippen LogP contribution in [0.15, 0.2) is 12.8 Å². The highest BCUT2D eigenvalue weighted by atomic mass is 14.9. The van der Waals surface area contributed by atoms with Crippen molar-refractivity contribution in [3.05, 3.63) is 12.8 Å². The van der Waals surface area contributed by atoms with Gasteiger partial charge in [-0.25, -0.2) is 0 Å². The summed E-state index contributed by atoms with van der Waals surface area (Å²) in [6.45, 7) is 10.5. The number of rotatable bonds is 8. The van der Waals surface area contributed by atoms with E-state index in [1.807, 2.05) is 6.20 Å². The van der Waals surface area contributed by atoms with E-state index < -0.39 is 0 Å². The summed E-state index contributed by atoms with van der Waals surface area (Å²) in [7, 11) is 0. The molecule has 0 heterocycles. The van der Waals surface area contributed by atoms with Crippen LogP contribution >= 0.6 is 0 Å². The quantitative estimate of drug-likeness (QED) is 0.605. The minimum absolute atomic E-state index is 0.646. The van der Waals surface area contributed by atoms with Crippen molar-refractivity contribution >= 4 is 0 Å². The van der Waals surface area contributed by atoms with Gasteiger partial charge >= 0.3 is 0 Å². The molecular formula is C12H25N. The van der Waals surface area contributed by atoms with Crippen LogP contribution < -0.4 is 5.32 Å². The van der Waals surface area contributed by atoms with Crippen LogP contribution in [-0.2, 0) is 0 Å². The third-order valence-electron chi connectivity index (χ3n) is 2.76. The van der Waals surface area contributed by atoms with E-state index in [2.05, 4.69) is 32.7 Å². The lowest BCUT2D eigenvalue weighted by atomic mass is 9.93. The van der Waals surface area contributed by atoms with Crippen LogP contribution in [0.2, 0.25) is 0 Å². The lowest BCUT2D eigenvalue weighted by Gasteiger charge is -2.21. The zero-order valence-electron chi connectivity index (χ0n) is 9.47. The molecule has 0 bridgehead atoms. The number of nitrogens with one attached hydrogen (secondary N) is 1. The van der Waals surface area contributed by atoms with Gasteiger partial charge in [-0.15, -0.1) is 0 Å². The summed E-state index contributed by atoms with van der Waals surface area (Å²) in [5.74, 6) is 0.879. The Hall–Kier alpha value is -0.460. The second-order valence-electron chi connectivity index (χ2n) is 3.77. The maximum Gasteiger partial charge on any atom is 0.0258 e. The summed E-state index contributed by atoms with van der Waals surface area (Å²) in [6.07, 6.45) is 8.26. The number of hydrogen-bond donors (Lipinski definition) is 1. The SMILES string of the molecule is C=CNC(CCC)CC(CC)CC. The smallest absolute Gasteiger partial charge is 0.0258 e. The van der Waals surface area contributed by atoms with Crippen molar-refractivity contribution in [3.8, 4) is 0 Å². The first-order chi connectivity index (χ1) is 6.28. The van der Waals surface area contributed by atoms with Gasteiger partial charge in [0.2, 0.25) is 0 Å². The average molecular weight is 183 g/mol. The van der Waals surface area contributed by atoms with Crippen LogP contribution in [0.25, 0.3) is 0 Å². The van der Waals surface area contributed by atoms with Gasteiger partial charge < -0.3 is 5.32 Å². The fraction of sp³-hybridized carbons (Fsp3) is 0.833. The fourth-order valence-electron chi connectivity index (χ4n) is 1.81. The van der Waals surface area contributed by atoms with Gasteiger partial charge in [-0.2, -0.15) is 0 Å². The Morgan fingerprint density at radius 1 is 1.23 bits per heavy atom. The topological polar surface area (TPSA) is 12.0 Å². The molecular weight excluding hydrogens is 158 g/mol. The van der Waals surface area contributed by atoms with Gasteiger partial charge in [-0.05, 0) is 25.0 Å². The largest absolute Gasteiger partial charge is 0.389 e. The van der Waals surface area contributed by atoms with E-state index in [4.69, 9.17) is 0 Å². The predicted molar refractivity (Wildman–Crippen MR) is 60.7 cm³/mol. The molecule has 0 aromatic rings. The first kappa shape index (κ1) is 12.5. The summed E-state index contributed by atoms with van der Waals surface area (Å²) < 4.78 is 0. The summed E-state index contributed by atoms with van der Waals surface area (Å²) in [5.41, 5.74) is 0. The molecule has 0 aliphatic heterocycles. The zero-order chi connectivity index (χ0) is 10.1. The molecule has 1 heteroatoms. The summed E-state index contributed by atoms with van der Waals surface area (Å²) in [6, 6.07) is 0.646. The van der Waals surface area contributed by atoms with Crippen molar-refractivity contribution in [1.29, 1.82) is 0 Å². The first-order valence-electron chi connectivity index (χ1n) is 5.65. The van der Waals surface area contributed by atoms with Crippen molar-refractivity contribution < 1.29 is 0 Å². The third kappa shape index (κ3) is 5.73. The van der Waals surface area contributed by atoms with Crippen LogP contribution in [0.5, 0.6) is 0 Å². The molecule has 0 aromatic heterocycles. The number of hydrogen-bond acceptors (Lipinski definition) is 1. The first-order valence-corrected chi connectivity index (χ1v) is 5.65. The van der Waals surface area contributed by atoms with Crippen LogP contribution in [0.4, 0.5) is 0 Å². The molecule has 0 fully saturated rings. The van der Waals surface area contributed by atoms with E-state index >= 15 is 0 Å². The molecule has 0 aliphatic rings. The summed E-state index contributed by atoms with van der Waals surface area (Å²) in [5, 5.41) is 3.35. The molecule has 1 N–H and O–H groups in total. The molecule has 0 aromatic carbocycles. The molecule has 0 saturated carbocycles. The summed E-state index contributed by atoms with van der Waals surface area (Å²) in [4.78, 5) is 0. The minimum Gasteiger partial charge on any atom is -0.389 e. The molecule has 0 radical (unpaired) electrons. The van der Waals surface area contributed by atoms with Crippen molar-refractivity contribution in [2.24, 2.45) is 5.92 Å². The van der Waals surface area contributed by atoms with Crippen molar-refractivity contribution in [3.63, 3.8) is 0 Å². The van der Waals surface area contributed by atoms with Gasteiger partial charge in [0.05, 0.1) is 0 Å². The molecule has 1 unspecified atom stereocenters. The van der Waals surface area contributed by atoms with E-state index in [1.54, 1.807) is 0 Å². The Balaban J connectivity index is 3.82. The van der Waals surface area contributed by atoms with Gasteiger partial charge in [0.15, 0.2) is 0 Å². The average Bonchev–Trinajstić information content (AvgIpc) is 2.14.